The van der Waals surface area contributed by atoms with Gasteiger partial charge in [0, 0.05) is 19.2 Å². The van der Waals surface area contributed by atoms with Crippen LogP contribution >= 0.6 is 0 Å². The number of unbranched alkanes of at least 4 members (excludes halogenated alkanes) is 1. The van der Waals surface area contributed by atoms with E-state index in [1.54, 1.807) is 6.33 Å². The third-order valence-corrected chi connectivity index (χ3v) is 4.27. The van der Waals surface area contributed by atoms with E-state index < -0.39 is 0 Å². The molecule has 9 heteroatoms. The van der Waals surface area contributed by atoms with Crippen molar-refractivity contribution in [3.63, 3.8) is 0 Å². The van der Waals surface area contributed by atoms with Gasteiger partial charge in [0.15, 0.2) is 11.2 Å². The molecule has 0 fully saturated rings. The van der Waals surface area contributed by atoms with Crippen LogP contribution in [-0.4, -0.2) is 38.3 Å². The van der Waals surface area contributed by atoms with Crippen molar-refractivity contribution < 1.29 is 4.42 Å². The summed E-state index contributed by atoms with van der Waals surface area (Å²) < 4.78 is 7.26. The van der Waals surface area contributed by atoms with Crippen LogP contribution in [0.3, 0.4) is 0 Å². The second-order valence-electron chi connectivity index (χ2n) is 5.97. The lowest BCUT2D eigenvalue weighted by molar-refractivity contribution is 0.574. The number of oxazole rings is 1. The summed E-state index contributed by atoms with van der Waals surface area (Å²) in [5.41, 5.74) is 15.1. The van der Waals surface area contributed by atoms with Crippen LogP contribution < -0.4 is 16.8 Å². The number of aromatic nitrogens is 5. The van der Waals surface area contributed by atoms with Crippen molar-refractivity contribution >= 4 is 34.0 Å². The van der Waals surface area contributed by atoms with Crippen LogP contribution in [0.5, 0.6) is 0 Å². The molecule has 3 heterocycles. The Hall–Kier alpha value is -3.20. The first-order valence-corrected chi connectivity index (χ1v) is 8.47. The van der Waals surface area contributed by atoms with Crippen LogP contribution in [0.4, 0.5) is 11.8 Å². The van der Waals surface area contributed by atoms with E-state index >= 15 is 0 Å². The summed E-state index contributed by atoms with van der Waals surface area (Å²) in [4.78, 5) is 13.0. The second-order valence-corrected chi connectivity index (χ2v) is 5.97. The molecule has 0 saturated heterocycles. The highest BCUT2D eigenvalue weighted by Gasteiger charge is 2.18. The van der Waals surface area contributed by atoms with E-state index in [0.29, 0.717) is 17.6 Å². The lowest BCUT2D eigenvalue weighted by Crippen LogP contribution is -2.05. The number of nitrogens with one attached hydrogen (secondary N) is 1. The van der Waals surface area contributed by atoms with Crippen molar-refractivity contribution in [3.8, 4) is 11.3 Å². The highest BCUT2D eigenvalue weighted by Crippen LogP contribution is 2.33. The first-order chi connectivity index (χ1) is 12.7. The van der Waals surface area contributed by atoms with Crippen molar-refractivity contribution in [2.75, 3.05) is 24.6 Å². The van der Waals surface area contributed by atoms with Gasteiger partial charge in [-0.15, -0.1) is 0 Å². The van der Waals surface area contributed by atoms with E-state index in [2.05, 4.69) is 20.3 Å². The number of hydrogen-bond donors (Lipinski definition) is 3. The van der Waals surface area contributed by atoms with Crippen molar-refractivity contribution in [3.05, 3.63) is 24.5 Å². The summed E-state index contributed by atoms with van der Waals surface area (Å²) in [6.45, 7) is 1.40. The maximum Gasteiger partial charge on any atom is 0.292 e. The lowest BCUT2D eigenvalue weighted by atomic mass is 10.1. The van der Waals surface area contributed by atoms with Crippen molar-refractivity contribution in [2.45, 2.75) is 19.4 Å². The molecule has 0 amide bonds. The Bertz CT molecular complexity index is 1070. The molecule has 0 unspecified atom stereocenters. The van der Waals surface area contributed by atoms with E-state index in [1.165, 1.54) is 0 Å². The molecular formula is C17H20N8O. The summed E-state index contributed by atoms with van der Waals surface area (Å²) >= 11 is 0. The highest BCUT2D eigenvalue weighted by atomic mass is 16.4. The van der Waals surface area contributed by atoms with Gasteiger partial charge in [-0.25, -0.2) is 14.6 Å². The average molecular weight is 352 g/mol. The van der Waals surface area contributed by atoms with Gasteiger partial charge in [-0.05, 0) is 37.6 Å². The molecule has 0 aliphatic rings. The Labute approximate surface area is 149 Å². The fourth-order valence-corrected chi connectivity index (χ4v) is 3.05. The van der Waals surface area contributed by atoms with Crippen LogP contribution in [0.25, 0.3) is 33.4 Å². The number of rotatable bonds is 6. The molecule has 3 aromatic heterocycles. The molecule has 5 N–H and O–H groups in total. The zero-order chi connectivity index (χ0) is 18.1. The SMILES string of the molecule is CNc1ncnc2c1c(-c1ccc3oc(N)nc3c1)nn2CCCCN. The Morgan fingerprint density at radius 3 is 2.92 bits per heavy atom. The number of anilines is 2. The minimum absolute atomic E-state index is 0.147. The minimum Gasteiger partial charge on any atom is -0.424 e. The molecule has 9 nitrogen and oxygen atoms in total. The van der Waals surface area contributed by atoms with Crippen molar-refractivity contribution in [2.24, 2.45) is 5.73 Å². The van der Waals surface area contributed by atoms with Crippen LogP contribution in [0.2, 0.25) is 0 Å². The van der Waals surface area contributed by atoms with E-state index in [4.69, 9.17) is 21.0 Å². The van der Waals surface area contributed by atoms with Crippen molar-refractivity contribution in [1.82, 2.24) is 24.7 Å². The maximum atomic E-state index is 5.65. The highest BCUT2D eigenvalue weighted by molar-refractivity contribution is 6.00. The third-order valence-electron chi connectivity index (χ3n) is 4.27. The Balaban J connectivity index is 1.89. The van der Waals surface area contributed by atoms with E-state index in [0.717, 1.165) is 47.5 Å². The molecule has 4 aromatic rings. The third kappa shape index (κ3) is 2.72. The number of nitrogen functional groups attached to an aromatic ring is 1. The van der Waals surface area contributed by atoms with E-state index in [1.807, 2.05) is 29.9 Å². The normalized spacial score (nSPS) is 11.5. The lowest BCUT2D eigenvalue weighted by Gasteiger charge is -2.03. The predicted octanol–water partition coefficient (Wildman–Crippen LogP) is 2.00. The largest absolute Gasteiger partial charge is 0.424 e. The summed E-state index contributed by atoms with van der Waals surface area (Å²) in [5.74, 6) is 0.731. The molecule has 0 radical (unpaired) electrons. The maximum absolute atomic E-state index is 5.65. The number of nitrogens with zero attached hydrogens (tertiary/aromatic N) is 5. The van der Waals surface area contributed by atoms with Crippen LogP contribution in [0.1, 0.15) is 12.8 Å². The summed E-state index contributed by atoms with van der Waals surface area (Å²) in [6, 6.07) is 5.84. The van der Waals surface area contributed by atoms with Gasteiger partial charge >= 0.3 is 0 Å². The van der Waals surface area contributed by atoms with E-state index in [-0.39, 0.29) is 6.01 Å². The molecule has 0 aliphatic heterocycles. The molecule has 0 saturated carbocycles. The molecule has 4 rings (SSSR count). The monoisotopic (exact) mass is 352 g/mol. The van der Waals surface area contributed by atoms with Gasteiger partial charge in [0.2, 0.25) is 0 Å². The molecule has 1 aromatic carbocycles. The van der Waals surface area contributed by atoms with Gasteiger partial charge in [0.05, 0.1) is 5.39 Å². The predicted molar refractivity (Wildman–Crippen MR) is 101 cm³/mol. The van der Waals surface area contributed by atoms with Gasteiger partial charge in [0.25, 0.3) is 6.01 Å². The van der Waals surface area contributed by atoms with Crippen LogP contribution in [0.15, 0.2) is 28.9 Å². The Morgan fingerprint density at radius 1 is 1.23 bits per heavy atom. The fraction of sp³-hybridized carbons (Fsp3) is 0.294. The molecule has 0 aliphatic carbocycles. The summed E-state index contributed by atoms with van der Waals surface area (Å²) in [5, 5.41) is 8.79. The topological polar surface area (TPSA) is 134 Å². The van der Waals surface area contributed by atoms with Gasteiger partial charge < -0.3 is 21.2 Å². The summed E-state index contributed by atoms with van der Waals surface area (Å²) in [7, 11) is 1.83. The number of aryl methyl sites for hydroxylation is 1. The quantitative estimate of drug-likeness (QED) is 0.449. The Morgan fingerprint density at radius 2 is 2.12 bits per heavy atom. The first-order valence-electron chi connectivity index (χ1n) is 8.47. The molecule has 134 valence electrons. The van der Waals surface area contributed by atoms with Crippen LogP contribution in [0, 0.1) is 0 Å². The first kappa shape index (κ1) is 16.3. The van der Waals surface area contributed by atoms with Crippen LogP contribution in [-0.2, 0) is 6.54 Å². The standard InChI is InChI=1S/C17H20N8O/c1-20-15-13-14(10-4-5-12-11(8-10)23-17(19)26-12)24-25(7-3-2-6-18)16(13)22-9-21-15/h4-5,8-9H,2-3,6-7,18H2,1H3,(H2,19,23)(H,20,21,22). The number of benzene rings is 1. The number of fused-ring (bicyclic) bond motifs is 2. The molecule has 0 atom stereocenters. The number of hydrogen-bond acceptors (Lipinski definition) is 8. The zero-order valence-corrected chi connectivity index (χ0v) is 14.4. The van der Waals surface area contributed by atoms with Gasteiger partial charge in [0.1, 0.15) is 23.4 Å². The summed E-state index contributed by atoms with van der Waals surface area (Å²) in [6.07, 6.45) is 3.41. The van der Waals surface area contributed by atoms with Crippen molar-refractivity contribution in [1.29, 1.82) is 0 Å². The van der Waals surface area contributed by atoms with Gasteiger partial charge in [-0.1, -0.05) is 0 Å². The second kappa shape index (κ2) is 6.60. The molecule has 0 spiro atoms. The molecule has 0 bridgehead atoms. The molecular weight excluding hydrogens is 332 g/mol. The fourth-order valence-electron chi connectivity index (χ4n) is 3.05. The average Bonchev–Trinajstić information content (AvgIpc) is 3.21. The smallest absolute Gasteiger partial charge is 0.292 e. The number of nitrogens with two attached hydrogens (primary N) is 2. The molecule has 26 heavy (non-hydrogen) atoms. The van der Waals surface area contributed by atoms with Gasteiger partial charge in [-0.2, -0.15) is 10.1 Å². The van der Waals surface area contributed by atoms with Gasteiger partial charge in [-0.3, -0.25) is 0 Å². The Kier molecular flexibility index (Phi) is 4.13. The zero-order valence-electron chi connectivity index (χ0n) is 14.4. The minimum atomic E-state index is 0.147. The van der Waals surface area contributed by atoms with E-state index in [9.17, 15) is 0 Å².